The average Bonchev–Trinajstić information content (AvgIpc) is 3.09. The van der Waals surface area contributed by atoms with Crippen molar-refractivity contribution in [2.75, 3.05) is 11.9 Å². The molecule has 7 heteroatoms. The normalized spacial score (nSPS) is 16.0. The summed E-state index contributed by atoms with van der Waals surface area (Å²) in [6.45, 7) is 6.39. The molecule has 1 aromatic carbocycles. The third kappa shape index (κ3) is 5.23. The van der Waals surface area contributed by atoms with Gasteiger partial charge < -0.3 is 15.8 Å². The number of anilines is 1. The number of aryl methyl sites for hydroxylation is 1. The molecule has 0 bridgehead atoms. The Hall–Kier alpha value is -2.67. The number of hydrogen-bond acceptors (Lipinski definition) is 5. The van der Waals surface area contributed by atoms with Crippen molar-refractivity contribution in [1.29, 1.82) is 0 Å². The van der Waals surface area contributed by atoms with Crippen LogP contribution in [-0.4, -0.2) is 24.4 Å². The Morgan fingerprint density at radius 3 is 2.52 bits per heavy atom. The van der Waals surface area contributed by atoms with Gasteiger partial charge in [-0.15, -0.1) is 11.3 Å². The molecule has 1 aliphatic rings. The zero-order chi connectivity index (χ0) is 21.2. The quantitative estimate of drug-likeness (QED) is 0.727. The minimum absolute atomic E-state index is 0.244. The number of esters is 1. The smallest absolute Gasteiger partial charge is 0.348 e. The van der Waals surface area contributed by atoms with Crippen LogP contribution in [0.5, 0.6) is 0 Å². The largest absolute Gasteiger partial charge is 0.451 e. The van der Waals surface area contributed by atoms with E-state index in [1.807, 2.05) is 6.07 Å². The monoisotopic (exact) mass is 414 g/mol. The third-order valence-electron chi connectivity index (χ3n) is 5.30. The van der Waals surface area contributed by atoms with Crippen LogP contribution >= 0.6 is 11.3 Å². The Balaban J connectivity index is 1.54. The van der Waals surface area contributed by atoms with Crippen LogP contribution in [0.15, 0.2) is 30.3 Å². The van der Waals surface area contributed by atoms with Gasteiger partial charge in [0.05, 0.1) is 0 Å². The molecule has 6 nitrogen and oxygen atoms in total. The number of primary amides is 1. The van der Waals surface area contributed by atoms with Crippen molar-refractivity contribution in [2.45, 2.75) is 40.0 Å². The van der Waals surface area contributed by atoms with Crippen molar-refractivity contribution in [3.63, 3.8) is 0 Å². The van der Waals surface area contributed by atoms with Crippen LogP contribution in [0.25, 0.3) is 0 Å². The molecule has 0 fully saturated rings. The molecule has 3 N–H and O–H groups in total. The molecule has 0 saturated heterocycles. The second-order valence-electron chi connectivity index (χ2n) is 8.43. The molecule has 2 aromatic rings. The van der Waals surface area contributed by atoms with E-state index in [2.05, 4.69) is 26.1 Å². The van der Waals surface area contributed by atoms with Crippen molar-refractivity contribution in [3.8, 4) is 0 Å². The topological polar surface area (TPSA) is 98.5 Å². The number of ether oxygens (including phenoxy) is 1. The van der Waals surface area contributed by atoms with E-state index in [9.17, 15) is 14.4 Å². The van der Waals surface area contributed by atoms with Gasteiger partial charge in [0.15, 0.2) is 6.61 Å². The van der Waals surface area contributed by atoms with Crippen LogP contribution in [0, 0.1) is 11.3 Å². The number of benzene rings is 1. The van der Waals surface area contributed by atoms with Gasteiger partial charge in [-0.1, -0.05) is 20.8 Å². The first-order chi connectivity index (χ1) is 13.6. The first kappa shape index (κ1) is 21.0. The van der Waals surface area contributed by atoms with Gasteiger partial charge >= 0.3 is 5.97 Å². The Kier molecular flexibility index (Phi) is 6.07. The van der Waals surface area contributed by atoms with Crippen LogP contribution in [-0.2, 0) is 22.4 Å². The molecule has 154 valence electrons. The molecule has 1 atom stereocenters. The summed E-state index contributed by atoms with van der Waals surface area (Å²) in [6.07, 6.45) is 3.09. The number of rotatable bonds is 5. The summed E-state index contributed by atoms with van der Waals surface area (Å²) < 4.78 is 5.18. The summed E-state index contributed by atoms with van der Waals surface area (Å²) >= 11 is 1.47. The average molecular weight is 415 g/mol. The number of carbonyl (C=O) groups is 3. The number of fused-ring (bicyclic) bond motifs is 1. The van der Waals surface area contributed by atoms with Crippen LogP contribution in [0.4, 0.5) is 5.69 Å². The van der Waals surface area contributed by atoms with E-state index in [4.69, 9.17) is 10.5 Å². The Labute approximate surface area is 174 Å². The van der Waals surface area contributed by atoms with Crippen LogP contribution in [0.2, 0.25) is 0 Å². The van der Waals surface area contributed by atoms with Gasteiger partial charge in [0.1, 0.15) is 4.88 Å². The Morgan fingerprint density at radius 2 is 1.90 bits per heavy atom. The summed E-state index contributed by atoms with van der Waals surface area (Å²) in [6, 6.07) is 8.09. The van der Waals surface area contributed by atoms with Crippen molar-refractivity contribution in [3.05, 3.63) is 51.2 Å². The number of nitrogens with one attached hydrogen (secondary N) is 1. The van der Waals surface area contributed by atoms with E-state index < -0.39 is 17.8 Å². The van der Waals surface area contributed by atoms with Crippen molar-refractivity contribution >= 4 is 34.8 Å². The van der Waals surface area contributed by atoms with Gasteiger partial charge in [-0.25, -0.2) is 4.79 Å². The molecular weight excluding hydrogens is 388 g/mol. The summed E-state index contributed by atoms with van der Waals surface area (Å²) in [5.41, 5.74) is 7.50. The van der Waals surface area contributed by atoms with Gasteiger partial charge in [-0.2, -0.15) is 0 Å². The van der Waals surface area contributed by atoms with E-state index in [1.165, 1.54) is 33.9 Å². The lowest BCUT2D eigenvalue weighted by Gasteiger charge is -2.33. The molecular formula is C22H26N2O4S. The number of carbonyl (C=O) groups excluding carboxylic acids is 3. The minimum atomic E-state index is -0.538. The summed E-state index contributed by atoms with van der Waals surface area (Å²) in [5.74, 6) is -0.861. The Morgan fingerprint density at radius 1 is 1.21 bits per heavy atom. The van der Waals surface area contributed by atoms with Gasteiger partial charge in [0.2, 0.25) is 5.91 Å². The molecule has 2 amide bonds. The molecule has 0 unspecified atom stereocenters. The number of hydrogen-bond donors (Lipinski definition) is 2. The van der Waals surface area contributed by atoms with E-state index >= 15 is 0 Å². The standard InChI is InChI=1S/C22H26N2O4S/c1-22(2,3)15-6-9-17-14(10-15)11-18(29-17)21(27)28-12-19(25)24-16-7-4-13(5-8-16)20(23)26/h4-5,7-8,11,15H,6,9-10,12H2,1-3H3,(H2,23,26)(H,24,25)/t15-/m1/s1. The number of thiophene rings is 1. The van der Waals surface area contributed by atoms with Crippen LogP contribution in [0.1, 0.15) is 57.7 Å². The predicted octanol–water partition coefficient (Wildman–Crippen LogP) is 3.79. The molecule has 0 spiro atoms. The molecule has 29 heavy (non-hydrogen) atoms. The second-order valence-corrected chi connectivity index (χ2v) is 9.57. The van der Waals surface area contributed by atoms with Gasteiger partial charge in [-0.3, -0.25) is 9.59 Å². The molecule has 3 rings (SSSR count). The fourth-order valence-electron chi connectivity index (χ4n) is 3.48. The summed E-state index contributed by atoms with van der Waals surface area (Å²) in [7, 11) is 0. The van der Waals surface area contributed by atoms with E-state index in [1.54, 1.807) is 12.1 Å². The SMILES string of the molecule is CC(C)(C)[C@@H]1CCc2sc(C(=O)OCC(=O)Nc3ccc(C(N)=O)cc3)cc2C1. The van der Waals surface area contributed by atoms with E-state index in [-0.39, 0.29) is 12.0 Å². The molecule has 1 heterocycles. The lowest BCUT2D eigenvalue weighted by molar-refractivity contribution is -0.119. The lowest BCUT2D eigenvalue weighted by atomic mass is 9.72. The molecule has 1 aliphatic carbocycles. The molecule has 1 aromatic heterocycles. The third-order valence-corrected chi connectivity index (χ3v) is 6.51. The molecule has 0 saturated carbocycles. The van der Waals surface area contributed by atoms with Gasteiger partial charge in [-0.05, 0) is 66.5 Å². The second kappa shape index (κ2) is 8.37. The van der Waals surface area contributed by atoms with Crippen LogP contribution in [0.3, 0.4) is 0 Å². The minimum Gasteiger partial charge on any atom is -0.451 e. The summed E-state index contributed by atoms with van der Waals surface area (Å²) in [5, 5.41) is 2.62. The predicted molar refractivity (Wildman–Crippen MR) is 113 cm³/mol. The van der Waals surface area contributed by atoms with Crippen LogP contribution < -0.4 is 11.1 Å². The van der Waals surface area contributed by atoms with Crippen molar-refractivity contribution in [2.24, 2.45) is 17.1 Å². The zero-order valence-corrected chi connectivity index (χ0v) is 17.7. The highest BCUT2D eigenvalue weighted by atomic mass is 32.1. The lowest BCUT2D eigenvalue weighted by Crippen LogP contribution is -2.26. The summed E-state index contributed by atoms with van der Waals surface area (Å²) in [4.78, 5) is 37.3. The fourth-order valence-corrected chi connectivity index (χ4v) is 4.58. The first-order valence-corrected chi connectivity index (χ1v) is 10.4. The van der Waals surface area contributed by atoms with Crippen molar-refractivity contribution in [1.82, 2.24) is 0 Å². The van der Waals surface area contributed by atoms with E-state index in [0.29, 0.717) is 22.0 Å². The Bertz CT molecular complexity index is 925. The highest BCUT2D eigenvalue weighted by Crippen LogP contribution is 2.40. The molecule has 0 radical (unpaired) electrons. The fraction of sp³-hybridized carbons (Fsp3) is 0.409. The maximum atomic E-state index is 12.4. The first-order valence-electron chi connectivity index (χ1n) is 9.62. The van der Waals surface area contributed by atoms with Crippen molar-refractivity contribution < 1.29 is 19.1 Å². The highest BCUT2D eigenvalue weighted by molar-refractivity contribution is 7.14. The number of amides is 2. The maximum absolute atomic E-state index is 12.4. The maximum Gasteiger partial charge on any atom is 0.348 e. The number of nitrogens with two attached hydrogens (primary N) is 1. The van der Waals surface area contributed by atoms with Gasteiger partial charge in [0, 0.05) is 16.1 Å². The van der Waals surface area contributed by atoms with E-state index in [0.717, 1.165) is 19.3 Å². The van der Waals surface area contributed by atoms with Gasteiger partial charge in [0.25, 0.3) is 5.91 Å². The molecule has 0 aliphatic heterocycles. The highest BCUT2D eigenvalue weighted by Gasteiger charge is 2.30. The zero-order valence-electron chi connectivity index (χ0n) is 16.9.